The zero-order valence-corrected chi connectivity index (χ0v) is 16.9. The lowest BCUT2D eigenvalue weighted by molar-refractivity contribution is -0.125. The summed E-state index contributed by atoms with van der Waals surface area (Å²) in [6, 6.07) is 17.9. The molecule has 3 heterocycles. The van der Waals surface area contributed by atoms with E-state index in [1.807, 2.05) is 64.8 Å². The standard InChI is InChI=1S/C23H21N3O2S/c1-25(17-20-9-5-13-28-20)22(27)12-11-19-16-26(15-18-7-3-2-4-8-18)24-23(19)21-10-6-14-29-21/h2-14,16H,15,17H2,1H3. The average Bonchev–Trinajstić information content (AvgIpc) is 3.49. The van der Waals surface area contributed by atoms with Gasteiger partial charge in [0, 0.05) is 24.9 Å². The molecule has 0 fully saturated rings. The third kappa shape index (κ3) is 4.73. The molecule has 146 valence electrons. The van der Waals surface area contributed by atoms with Gasteiger partial charge in [0.05, 0.1) is 24.2 Å². The van der Waals surface area contributed by atoms with Crippen LogP contribution >= 0.6 is 11.3 Å². The summed E-state index contributed by atoms with van der Waals surface area (Å²) in [6.07, 6.45) is 7.02. The van der Waals surface area contributed by atoms with Crippen molar-refractivity contribution in [2.75, 3.05) is 7.05 Å². The van der Waals surface area contributed by atoms with Gasteiger partial charge in [0.15, 0.2) is 0 Å². The van der Waals surface area contributed by atoms with E-state index in [1.54, 1.807) is 35.6 Å². The van der Waals surface area contributed by atoms with Crippen LogP contribution in [0.15, 0.2) is 82.9 Å². The Morgan fingerprint density at radius 2 is 2.03 bits per heavy atom. The molecule has 0 aliphatic heterocycles. The van der Waals surface area contributed by atoms with Gasteiger partial charge in [0.2, 0.25) is 5.91 Å². The van der Waals surface area contributed by atoms with Gasteiger partial charge in [0.1, 0.15) is 11.5 Å². The van der Waals surface area contributed by atoms with Crippen LogP contribution in [0.5, 0.6) is 0 Å². The van der Waals surface area contributed by atoms with Gasteiger partial charge in [-0.3, -0.25) is 9.48 Å². The number of rotatable bonds is 7. The Kier molecular flexibility index (Phi) is 5.72. The molecule has 5 nitrogen and oxygen atoms in total. The molecule has 0 unspecified atom stereocenters. The second kappa shape index (κ2) is 8.75. The smallest absolute Gasteiger partial charge is 0.246 e. The molecule has 4 aromatic rings. The van der Waals surface area contributed by atoms with Gasteiger partial charge in [-0.15, -0.1) is 11.3 Å². The molecule has 3 aromatic heterocycles. The summed E-state index contributed by atoms with van der Waals surface area (Å²) in [7, 11) is 1.76. The minimum Gasteiger partial charge on any atom is -0.467 e. The highest BCUT2D eigenvalue weighted by Gasteiger charge is 2.12. The number of carbonyl (C=O) groups excluding carboxylic acids is 1. The normalized spacial score (nSPS) is 11.2. The van der Waals surface area contributed by atoms with Crippen LogP contribution in [0.3, 0.4) is 0 Å². The van der Waals surface area contributed by atoms with Gasteiger partial charge in [-0.1, -0.05) is 36.4 Å². The lowest BCUT2D eigenvalue weighted by Gasteiger charge is -2.12. The van der Waals surface area contributed by atoms with E-state index in [4.69, 9.17) is 9.52 Å². The highest BCUT2D eigenvalue weighted by atomic mass is 32.1. The number of benzene rings is 1. The second-order valence-corrected chi connectivity index (χ2v) is 7.65. The fraction of sp³-hybridized carbons (Fsp3) is 0.130. The monoisotopic (exact) mass is 403 g/mol. The first-order valence-electron chi connectivity index (χ1n) is 9.30. The maximum absolute atomic E-state index is 12.5. The summed E-state index contributed by atoms with van der Waals surface area (Å²) < 4.78 is 7.23. The quantitative estimate of drug-likeness (QED) is 0.411. The van der Waals surface area contributed by atoms with Crippen molar-refractivity contribution in [3.05, 3.63) is 95.4 Å². The molecule has 0 atom stereocenters. The number of hydrogen-bond acceptors (Lipinski definition) is 4. The first-order chi connectivity index (χ1) is 14.2. The molecule has 1 amide bonds. The molecule has 0 radical (unpaired) electrons. The van der Waals surface area contributed by atoms with E-state index >= 15 is 0 Å². The van der Waals surface area contributed by atoms with Crippen LogP contribution in [0, 0.1) is 0 Å². The van der Waals surface area contributed by atoms with Crippen molar-refractivity contribution in [2.24, 2.45) is 0 Å². The van der Waals surface area contributed by atoms with Crippen molar-refractivity contribution in [1.82, 2.24) is 14.7 Å². The third-order valence-corrected chi connectivity index (χ3v) is 5.36. The van der Waals surface area contributed by atoms with Crippen LogP contribution in [0.4, 0.5) is 0 Å². The van der Waals surface area contributed by atoms with Gasteiger partial charge in [-0.05, 0) is 35.2 Å². The molecule has 0 aliphatic carbocycles. The number of furan rings is 1. The molecular formula is C23H21N3O2S. The molecule has 0 saturated carbocycles. The van der Waals surface area contributed by atoms with Crippen LogP contribution < -0.4 is 0 Å². The minimum atomic E-state index is -0.0886. The molecule has 0 aliphatic rings. The third-order valence-electron chi connectivity index (χ3n) is 4.49. The highest BCUT2D eigenvalue weighted by Crippen LogP contribution is 2.28. The van der Waals surface area contributed by atoms with Crippen LogP contribution in [0.25, 0.3) is 16.6 Å². The Balaban J connectivity index is 1.55. The van der Waals surface area contributed by atoms with E-state index in [9.17, 15) is 4.79 Å². The van der Waals surface area contributed by atoms with Gasteiger partial charge >= 0.3 is 0 Å². The topological polar surface area (TPSA) is 51.3 Å². The summed E-state index contributed by atoms with van der Waals surface area (Å²) >= 11 is 1.64. The van der Waals surface area contributed by atoms with Crippen molar-refractivity contribution in [1.29, 1.82) is 0 Å². The van der Waals surface area contributed by atoms with Crippen molar-refractivity contribution in [3.8, 4) is 10.6 Å². The van der Waals surface area contributed by atoms with Crippen LogP contribution in [-0.4, -0.2) is 27.6 Å². The Morgan fingerprint density at radius 1 is 1.17 bits per heavy atom. The number of thiophene rings is 1. The predicted octanol–water partition coefficient (Wildman–Crippen LogP) is 4.92. The summed E-state index contributed by atoms with van der Waals surface area (Å²) in [5.74, 6) is 0.665. The number of amides is 1. The highest BCUT2D eigenvalue weighted by molar-refractivity contribution is 7.13. The SMILES string of the molecule is CN(Cc1ccco1)C(=O)C=Cc1cn(Cc2ccccc2)nc1-c1cccs1. The van der Waals surface area contributed by atoms with Gasteiger partial charge in [0.25, 0.3) is 0 Å². The maximum Gasteiger partial charge on any atom is 0.246 e. The predicted molar refractivity (Wildman–Crippen MR) is 115 cm³/mol. The molecule has 0 bridgehead atoms. The van der Waals surface area contributed by atoms with E-state index in [0.717, 1.165) is 21.9 Å². The van der Waals surface area contributed by atoms with E-state index < -0.39 is 0 Å². The van der Waals surface area contributed by atoms with Crippen molar-refractivity contribution < 1.29 is 9.21 Å². The van der Waals surface area contributed by atoms with Crippen molar-refractivity contribution in [2.45, 2.75) is 13.1 Å². The van der Waals surface area contributed by atoms with E-state index in [-0.39, 0.29) is 5.91 Å². The number of likely N-dealkylation sites (N-methyl/N-ethyl adjacent to an activating group) is 1. The minimum absolute atomic E-state index is 0.0886. The molecule has 4 rings (SSSR count). The fourth-order valence-electron chi connectivity index (χ4n) is 3.02. The molecular weight excluding hydrogens is 382 g/mol. The first-order valence-corrected chi connectivity index (χ1v) is 10.2. The van der Waals surface area contributed by atoms with Crippen LogP contribution in [0.1, 0.15) is 16.9 Å². The molecule has 6 heteroatoms. The number of carbonyl (C=O) groups is 1. The number of nitrogens with zero attached hydrogens (tertiary/aromatic N) is 3. The van der Waals surface area contributed by atoms with E-state index in [0.29, 0.717) is 13.1 Å². The van der Waals surface area contributed by atoms with Crippen molar-refractivity contribution in [3.63, 3.8) is 0 Å². The molecule has 29 heavy (non-hydrogen) atoms. The first kappa shape index (κ1) is 19.0. The zero-order valence-electron chi connectivity index (χ0n) is 16.1. The van der Waals surface area contributed by atoms with Crippen LogP contribution in [0.2, 0.25) is 0 Å². The van der Waals surface area contributed by atoms with Crippen molar-refractivity contribution >= 4 is 23.3 Å². The molecule has 0 saturated heterocycles. The number of hydrogen-bond donors (Lipinski definition) is 0. The Labute approximate surface area is 173 Å². The van der Waals surface area contributed by atoms with E-state index in [1.165, 1.54) is 5.56 Å². The van der Waals surface area contributed by atoms with Crippen LogP contribution in [-0.2, 0) is 17.9 Å². The molecule has 0 spiro atoms. The lowest BCUT2D eigenvalue weighted by atomic mass is 10.2. The zero-order chi connectivity index (χ0) is 20.1. The lowest BCUT2D eigenvalue weighted by Crippen LogP contribution is -2.23. The summed E-state index contributed by atoms with van der Waals surface area (Å²) in [5, 5.41) is 6.80. The van der Waals surface area contributed by atoms with E-state index in [2.05, 4.69) is 12.1 Å². The van der Waals surface area contributed by atoms with Gasteiger partial charge < -0.3 is 9.32 Å². The Morgan fingerprint density at radius 3 is 2.76 bits per heavy atom. The summed E-state index contributed by atoms with van der Waals surface area (Å²) in [6.45, 7) is 1.11. The Hall–Kier alpha value is -3.38. The number of aromatic nitrogens is 2. The Bertz CT molecular complexity index is 1080. The largest absolute Gasteiger partial charge is 0.467 e. The average molecular weight is 404 g/mol. The van der Waals surface area contributed by atoms with Gasteiger partial charge in [-0.25, -0.2) is 0 Å². The second-order valence-electron chi connectivity index (χ2n) is 6.70. The summed E-state index contributed by atoms with van der Waals surface area (Å²) in [4.78, 5) is 15.2. The van der Waals surface area contributed by atoms with Gasteiger partial charge in [-0.2, -0.15) is 5.10 Å². The molecule has 0 N–H and O–H groups in total. The molecule has 1 aromatic carbocycles. The fourth-order valence-corrected chi connectivity index (χ4v) is 3.75. The summed E-state index contributed by atoms with van der Waals surface area (Å²) in [5.41, 5.74) is 2.98. The maximum atomic E-state index is 12.5.